The second kappa shape index (κ2) is 13.2. The number of likely N-dealkylation sites (tertiary alicyclic amines) is 1. The summed E-state index contributed by atoms with van der Waals surface area (Å²) in [5.41, 5.74) is 1.18. The van der Waals surface area contributed by atoms with E-state index in [2.05, 4.69) is 37.7 Å². The number of aromatic nitrogens is 2. The van der Waals surface area contributed by atoms with Crippen LogP contribution in [0.25, 0.3) is 0 Å². The van der Waals surface area contributed by atoms with Crippen molar-refractivity contribution in [2.24, 2.45) is 5.92 Å². The van der Waals surface area contributed by atoms with E-state index in [9.17, 15) is 26.3 Å². The Balaban J connectivity index is 0.000000301. The smallest absolute Gasteiger partial charge is 0.475 e. The van der Waals surface area contributed by atoms with Gasteiger partial charge in [-0.3, -0.25) is 4.90 Å². The Kier molecular flexibility index (Phi) is 10.8. The molecule has 1 unspecified atom stereocenters. The fourth-order valence-electron chi connectivity index (χ4n) is 3.83. The van der Waals surface area contributed by atoms with Gasteiger partial charge < -0.3 is 20.3 Å². The van der Waals surface area contributed by atoms with Gasteiger partial charge in [-0.25, -0.2) is 19.6 Å². The molecule has 2 aliphatic heterocycles. The standard InChI is InChI=1S/C18H24N4OS.2C2HF3O2/c1-14-9-20-17(21-10-14)19-6-4-15-5-7-23-18(15)12-22(13-18)11-16-3-2-8-24-16;2*3-2(4,5)1(6)7/h2-3,8-10,15H,4-7,11-13H2,1H3,(H,19,20,21);2*(H,6,7). The molecule has 0 saturated carbocycles. The monoisotopic (exact) mass is 572 g/mol. The Labute approximate surface area is 217 Å². The third kappa shape index (κ3) is 9.72. The molecule has 4 heterocycles. The third-order valence-electron chi connectivity index (χ3n) is 5.58. The number of nitrogens with one attached hydrogen (secondary N) is 1. The number of halogens is 6. The van der Waals surface area contributed by atoms with E-state index in [0.29, 0.717) is 5.92 Å². The van der Waals surface area contributed by atoms with E-state index < -0.39 is 24.3 Å². The quantitative estimate of drug-likeness (QED) is 0.437. The number of carboxylic acid groups (broad SMARTS) is 2. The van der Waals surface area contributed by atoms with E-state index >= 15 is 0 Å². The number of aliphatic carboxylic acids is 2. The van der Waals surface area contributed by atoms with Crippen molar-refractivity contribution in [1.29, 1.82) is 0 Å². The summed E-state index contributed by atoms with van der Waals surface area (Å²) >= 11 is 1.84. The molecule has 2 aromatic heterocycles. The van der Waals surface area contributed by atoms with Crippen LogP contribution in [0.1, 0.15) is 23.3 Å². The molecule has 1 spiro atoms. The number of ether oxygens (including phenoxy) is 1. The predicted octanol–water partition coefficient (Wildman–Crippen LogP) is 4.21. The first kappa shape index (κ1) is 31.2. The predicted molar refractivity (Wildman–Crippen MR) is 124 cm³/mol. The lowest BCUT2D eigenvalue weighted by Gasteiger charge is -2.50. The molecular weight excluding hydrogens is 546 g/mol. The second-order valence-corrected chi connectivity index (χ2v) is 9.56. The van der Waals surface area contributed by atoms with Crippen LogP contribution in [0.3, 0.4) is 0 Å². The van der Waals surface area contributed by atoms with Gasteiger partial charge in [0.1, 0.15) is 0 Å². The first-order valence-corrected chi connectivity index (χ1v) is 12.0. The molecule has 38 heavy (non-hydrogen) atoms. The molecule has 0 aliphatic carbocycles. The highest BCUT2D eigenvalue weighted by atomic mass is 32.1. The minimum absolute atomic E-state index is 0.0903. The van der Waals surface area contributed by atoms with Crippen molar-refractivity contribution < 1.29 is 50.9 Å². The van der Waals surface area contributed by atoms with Crippen LogP contribution in [0.2, 0.25) is 0 Å². The Morgan fingerprint density at radius 2 is 1.68 bits per heavy atom. The number of nitrogens with zero attached hydrogens (tertiary/aromatic N) is 3. The van der Waals surface area contributed by atoms with Gasteiger partial charge in [-0.15, -0.1) is 11.3 Å². The van der Waals surface area contributed by atoms with Crippen molar-refractivity contribution in [3.8, 4) is 0 Å². The second-order valence-electron chi connectivity index (χ2n) is 8.53. The lowest BCUT2D eigenvalue weighted by Crippen LogP contribution is -2.64. The summed E-state index contributed by atoms with van der Waals surface area (Å²) in [6.07, 6.45) is -4.18. The third-order valence-corrected chi connectivity index (χ3v) is 6.44. The summed E-state index contributed by atoms with van der Waals surface area (Å²) in [6, 6.07) is 4.34. The molecule has 2 aromatic rings. The molecule has 3 N–H and O–H groups in total. The number of aryl methyl sites for hydroxylation is 1. The van der Waals surface area contributed by atoms with E-state index in [1.54, 1.807) is 0 Å². The van der Waals surface area contributed by atoms with Crippen molar-refractivity contribution in [2.75, 3.05) is 31.6 Å². The van der Waals surface area contributed by atoms with Gasteiger partial charge in [0.2, 0.25) is 5.95 Å². The largest absolute Gasteiger partial charge is 0.490 e. The minimum Gasteiger partial charge on any atom is -0.475 e. The van der Waals surface area contributed by atoms with Crippen molar-refractivity contribution in [2.45, 2.75) is 44.3 Å². The van der Waals surface area contributed by atoms with E-state index in [0.717, 1.165) is 50.7 Å². The van der Waals surface area contributed by atoms with Crippen molar-refractivity contribution in [1.82, 2.24) is 14.9 Å². The lowest BCUT2D eigenvalue weighted by atomic mass is 9.79. The first-order valence-electron chi connectivity index (χ1n) is 11.1. The highest BCUT2D eigenvalue weighted by Gasteiger charge is 2.52. The van der Waals surface area contributed by atoms with Gasteiger partial charge in [-0.2, -0.15) is 26.3 Å². The van der Waals surface area contributed by atoms with Crippen molar-refractivity contribution in [3.63, 3.8) is 0 Å². The van der Waals surface area contributed by atoms with Crippen molar-refractivity contribution in [3.05, 3.63) is 40.3 Å². The summed E-state index contributed by atoms with van der Waals surface area (Å²) < 4.78 is 69.6. The summed E-state index contributed by atoms with van der Waals surface area (Å²) in [5.74, 6) is -4.16. The number of alkyl halides is 6. The number of thiophene rings is 1. The van der Waals surface area contributed by atoms with Crippen molar-refractivity contribution >= 4 is 29.2 Å². The van der Waals surface area contributed by atoms with Crippen LogP contribution < -0.4 is 5.32 Å². The Bertz CT molecular complexity index is 1000. The SMILES string of the molecule is Cc1cnc(NCCC2CCOC23CN(Cc2cccs2)C3)nc1.O=C(O)C(F)(F)F.O=C(O)C(F)(F)F. The molecule has 0 amide bonds. The lowest BCUT2D eigenvalue weighted by molar-refractivity contribution is -0.193. The Morgan fingerprint density at radius 3 is 2.16 bits per heavy atom. The highest BCUT2D eigenvalue weighted by molar-refractivity contribution is 7.09. The van der Waals surface area contributed by atoms with Crippen LogP contribution in [0.15, 0.2) is 29.9 Å². The zero-order chi connectivity index (χ0) is 28.6. The van der Waals surface area contributed by atoms with Crippen LogP contribution >= 0.6 is 11.3 Å². The molecule has 0 bridgehead atoms. The van der Waals surface area contributed by atoms with Gasteiger partial charge in [0.15, 0.2) is 0 Å². The fraction of sp³-hybridized carbons (Fsp3) is 0.545. The molecule has 16 heteroatoms. The van der Waals surface area contributed by atoms with Crippen LogP contribution in [-0.2, 0) is 20.9 Å². The number of hydrogen-bond acceptors (Lipinski definition) is 8. The summed E-state index contributed by atoms with van der Waals surface area (Å²) in [4.78, 5) is 30.3. The van der Waals surface area contributed by atoms with Gasteiger partial charge in [0.05, 0.1) is 5.60 Å². The zero-order valence-corrected chi connectivity index (χ0v) is 20.9. The normalized spacial score (nSPS) is 18.4. The van der Waals surface area contributed by atoms with Crippen LogP contribution in [0, 0.1) is 12.8 Å². The Morgan fingerprint density at radius 1 is 1.13 bits per heavy atom. The highest BCUT2D eigenvalue weighted by Crippen LogP contribution is 2.42. The zero-order valence-electron chi connectivity index (χ0n) is 20.1. The minimum atomic E-state index is -5.08. The molecule has 0 radical (unpaired) electrons. The van der Waals surface area contributed by atoms with Gasteiger partial charge in [-0.05, 0) is 42.7 Å². The number of anilines is 1. The maximum absolute atomic E-state index is 10.6. The first-order chi connectivity index (χ1) is 17.6. The van der Waals surface area contributed by atoms with E-state index in [1.165, 1.54) is 11.3 Å². The van der Waals surface area contributed by atoms with E-state index in [4.69, 9.17) is 24.5 Å². The molecular formula is C22H26F6N4O5S. The number of carboxylic acids is 2. The average Bonchev–Trinajstić information content (AvgIpc) is 3.45. The maximum Gasteiger partial charge on any atom is 0.490 e. The van der Waals surface area contributed by atoms with E-state index in [1.807, 2.05) is 30.7 Å². The summed E-state index contributed by atoms with van der Waals surface area (Å²) in [5, 5.41) is 19.7. The number of rotatable bonds is 6. The van der Waals surface area contributed by atoms with Crippen LogP contribution in [0.5, 0.6) is 0 Å². The van der Waals surface area contributed by atoms with Gasteiger partial charge in [0, 0.05) is 50.1 Å². The maximum atomic E-state index is 10.6. The van der Waals surface area contributed by atoms with Gasteiger partial charge in [0.25, 0.3) is 0 Å². The van der Waals surface area contributed by atoms with Crippen LogP contribution in [0.4, 0.5) is 32.3 Å². The Hall–Kier alpha value is -2.98. The van der Waals surface area contributed by atoms with E-state index in [-0.39, 0.29) is 5.60 Å². The van der Waals surface area contributed by atoms with Gasteiger partial charge >= 0.3 is 24.3 Å². The molecule has 4 rings (SSSR count). The number of carbonyl (C=O) groups is 2. The molecule has 1 atom stereocenters. The molecule has 2 saturated heterocycles. The molecule has 9 nitrogen and oxygen atoms in total. The summed E-state index contributed by atoms with van der Waals surface area (Å²) in [7, 11) is 0. The number of hydrogen-bond donors (Lipinski definition) is 3. The molecule has 2 aliphatic rings. The summed E-state index contributed by atoms with van der Waals surface area (Å²) in [6.45, 7) is 7.00. The van der Waals surface area contributed by atoms with Gasteiger partial charge in [-0.1, -0.05) is 6.07 Å². The molecule has 2 fully saturated rings. The topological polar surface area (TPSA) is 125 Å². The van der Waals surface area contributed by atoms with Crippen LogP contribution in [-0.4, -0.2) is 81.2 Å². The average molecular weight is 573 g/mol. The fourth-order valence-corrected chi connectivity index (χ4v) is 4.58. The molecule has 212 valence electrons. The molecule has 0 aromatic carbocycles.